The van der Waals surface area contributed by atoms with Crippen LogP contribution in [0, 0.1) is 12.8 Å². The van der Waals surface area contributed by atoms with E-state index in [1.807, 2.05) is 0 Å². The third-order valence-corrected chi connectivity index (χ3v) is 4.98. The average molecular weight is 286 g/mol. The molecule has 2 heterocycles. The van der Waals surface area contributed by atoms with Crippen LogP contribution in [0.15, 0.2) is 24.3 Å². The quantitative estimate of drug-likeness (QED) is 0.924. The van der Waals surface area contributed by atoms with Crippen molar-refractivity contribution in [3.05, 3.63) is 35.4 Å². The standard InChI is InChI=1S/C17H22N2O2/c1-12-3-2-4-14(9-12)15-18-17(6-7-17)16(20)19(15)10-13-5-8-21-11-13/h2-4,9,13,15,18H,5-8,10-11H2,1H3. The van der Waals surface area contributed by atoms with Crippen molar-refractivity contribution in [2.45, 2.75) is 37.9 Å². The van der Waals surface area contributed by atoms with Gasteiger partial charge in [0.25, 0.3) is 0 Å². The fraction of sp³-hybridized carbons (Fsp3) is 0.588. The molecule has 2 atom stereocenters. The summed E-state index contributed by atoms with van der Waals surface area (Å²) in [7, 11) is 0. The average Bonchev–Trinajstić information content (AvgIpc) is 2.98. The number of nitrogens with one attached hydrogen (secondary N) is 1. The summed E-state index contributed by atoms with van der Waals surface area (Å²) in [5.74, 6) is 0.776. The van der Waals surface area contributed by atoms with Crippen molar-refractivity contribution < 1.29 is 9.53 Å². The zero-order chi connectivity index (χ0) is 14.4. The molecule has 3 aliphatic rings. The topological polar surface area (TPSA) is 41.6 Å². The minimum absolute atomic E-state index is 0.0282. The first-order valence-corrected chi connectivity index (χ1v) is 7.91. The van der Waals surface area contributed by atoms with Gasteiger partial charge >= 0.3 is 0 Å². The van der Waals surface area contributed by atoms with Gasteiger partial charge in [0.15, 0.2) is 0 Å². The second kappa shape index (κ2) is 4.82. The lowest BCUT2D eigenvalue weighted by molar-refractivity contribution is -0.131. The van der Waals surface area contributed by atoms with Crippen LogP contribution in [0.2, 0.25) is 0 Å². The molecule has 0 aromatic heterocycles. The predicted octanol–water partition coefficient (Wildman–Crippen LogP) is 1.99. The summed E-state index contributed by atoms with van der Waals surface area (Å²) in [4.78, 5) is 14.8. The Kier molecular flexibility index (Phi) is 3.05. The van der Waals surface area contributed by atoms with Gasteiger partial charge in [-0.05, 0) is 31.7 Å². The zero-order valence-corrected chi connectivity index (χ0v) is 12.5. The maximum absolute atomic E-state index is 12.8. The molecule has 21 heavy (non-hydrogen) atoms. The molecular formula is C17H22N2O2. The molecular weight excluding hydrogens is 264 g/mol. The SMILES string of the molecule is Cc1cccc(C2NC3(CC3)C(=O)N2CC2CCOC2)c1. The molecule has 4 nitrogen and oxygen atoms in total. The number of nitrogens with zero attached hydrogens (tertiary/aromatic N) is 1. The monoisotopic (exact) mass is 286 g/mol. The van der Waals surface area contributed by atoms with E-state index < -0.39 is 0 Å². The third-order valence-electron chi connectivity index (χ3n) is 4.98. The minimum atomic E-state index is -0.256. The summed E-state index contributed by atoms with van der Waals surface area (Å²) in [6.07, 6.45) is 3.05. The van der Waals surface area contributed by atoms with E-state index in [0.29, 0.717) is 11.8 Å². The van der Waals surface area contributed by atoms with Gasteiger partial charge < -0.3 is 9.64 Å². The Morgan fingerprint density at radius 3 is 2.95 bits per heavy atom. The van der Waals surface area contributed by atoms with Gasteiger partial charge in [0.1, 0.15) is 11.7 Å². The summed E-state index contributed by atoms with van der Waals surface area (Å²) in [5.41, 5.74) is 2.18. The highest BCUT2D eigenvalue weighted by Crippen LogP contribution is 2.46. The molecule has 1 saturated carbocycles. The molecule has 1 N–H and O–H groups in total. The lowest BCUT2D eigenvalue weighted by atomic mass is 10.1. The van der Waals surface area contributed by atoms with Crippen LogP contribution in [-0.4, -0.2) is 36.1 Å². The second-order valence-electron chi connectivity index (χ2n) is 6.73. The van der Waals surface area contributed by atoms with E-state index in [-0.39, 0.29) is 11.7 Å². The van der Waals surface area contributed by atoms with E-state index in [1.54, 1.807) is 0 Å². The molecule has 1 aromatic rings. The molecule has 2 unspecified atom stereocenters. The Bertz CT molecular complexity index is 562. The van der Waals surface area contributed by atoms with Crippen LogP contribution in [0.3, 0.4) is 0 Å². The molecule has 1 amide bonds. The number of carbonyl (C=O) groups excluding carboxylic acids is 1. The number of carbonyl (C=O) groups is 1. The summed E-state index contributed by atoms with van der Waals surface area (Å²) in [5, 5.41) is 3.59. The highest BCUT2D eigenvalue weighted by molar-refractivity contribution is 5.92. The molecule has 1 spiro atoms. The molecule has 4 heteroatoms. The van der Waals surface area contributed by atoms with Gasteiger partial charge in [0.2, 0.25) is 5.91 Å². The highest BCUT2D eigenvalue weighted by Gasteiger charge is 2.59. The second-order valence-corrected chi connectivity index (χ2v) is 6.73. The smallest absolute Gasteiger partial charge is 0.244 e. The van der Waals surface area contributed by atoms with Crippen molar-refractivity contribution in [2.75, 3.05) is 19.8 Å². The molecule has 112 valence electrons. The molecule has 3 fully saturated rings. The lowest BCUT2D eigenvalue weighted by Gasteiger charge is -2.27. The first-order valence-electron chi connectivity index (χ1n) is 7.91. The van der Waals surface area contributed by atoms with Gasteiger partial charge in [-0.25, -0.2) is 0 Å². The molecule has 1 aliphatic carbocycles. The highest BCUT2D eigenvalue weighted by atomic mass is 16.5. The van der Waals surface area contributed by atoms with E-state index in [1.165, 1.54) is 11.1 Å². The van der Waals surface area contributed by atoms with E-state index in [2.05, 4.69) is 41.4 Å². The molecule has 2 aliphatic heterocycles. The van der Waals surface area contributed by atoms with Gasteiger partial charge in [-0.2, -0.15) is 0 Å². The summed E-state index contributed by atoms with van der Waals surface area (Å²) < 4.78 is 5.47. The number of benzene rings is 1. The first-order chi connectivity index (χ1) is 10.2. The van der Waals surface area contributed by atoms with Gasteiger partial charge in [0.05, 0.1) is 6.61 Å². The molecule has 0 bridgehead atoms. The number of rotatable bonds is 3. The van der Waals surface area contributed by atoms with Crippen molar-refractivity contribution >= 4 is 5.91 Å². The maximum atomic E-state index is 12.8. The Morgan fingerprint density at radius 1 is 1.43 bits per heavy atom. The summed E-state index contributed by atoms with van der Waals surface area (Å²) in [6, 6.07) is 8.48. The normalized spacial score (nSPS) is 30.3. The number of amides is 1. The first kappa shape index (κ1) is 13.3. The van der Waals surface area contributed by atoms with Crippen molar-refractivity contribution in [2.24, 2.45) is 5.92 Å². The fourth-order valence-electron chi connectivity index (χ4n) is 3.57. The van der Waals surface area contributed by atoms with Gasteiger partial charge in [-0.1, -0.05) is 29.8 Å². The Hall–Kier alpha value is -1.39. The van der Waals surface area contributed by atoms with E-state index in [0.717, 1.165) is 39.0 Å². The van der Waals surface area contributed by atoms with Gasteiger partial charge in [-0.3, -0.25) is 10.1 Å². The minimum Gasteiger partial charge on any atom is -0.381 e. The van der Waals surface area contributed by atoms with E-state index in [9.17, 15) is 4.79 Å². The van der Waals surface area contributed by atoms with Gasteiger partial charge in [0, 0.05) is 19.1 Å². The molecule has 4 rings (SSSR count). The Balaban J connectivity index is 1.61. The van der Waals surface area contributed by atoms with E-state index >= 15 is 0 Å². The van der Waals surface area contributed by atoms with Crippen molar-refractivity contribution in [1.29, 1.82) is 0 Å². The maximum Gasteiger partial charge on any atom is 0.244 e. The fourth-order valence-corrected chi connectivity index (χ4v) is 3.57. The zero-order valence-electron chi connectivity index (χ0n) is 12.5. The van der Waals surface area contributed by atoms with Crippen LogP contribution in [0.1, 0.15) is 36.6 Å². The van der Waals surface area contributed by atoms with Crippen LogP contribution >= 0.6 is 0 Å². The van der Waals surface area contributed by atoms with Crippen molar-refractivity contribution in [1.82, 2.24) is 10.2 Å². The molecule has 2 saturated heterocycles. The van der Waals surface area contributed by atoms with Crippen LogP contribution in [-0.2, 0) is 9.53 Å². The summed E-state index contributed by atoms with van der Waals surface area (Å²) in [6.45, 7) is 4.53. The summed E-state index contributed by atoms with van der Waals surface area (Å²) >= 11 is 0. The van der Waals surface area contributed by atoms with Crippen molar-refractivity contribution in [3.8, 4) is 0 Å². The van der Waals surface area contributed by atoms with Crippen LogP contribution in [0.4, 0.5) is 0 Å². The van der Waals surface area contributed by atoms with Crippen LogP contribution < -0.4 is 5.32 Å². The van der Waals surface area contributed by atoms with Crippen LogP contribution in [0.5, 0.6) is 0 Å². The third kappa shape index (κ3) is 2.27. The van der Waals surface area contributed by atoms with Crippen molar-refractivity contribution in [3.63, 3.8) is 0 Å². The predicted molar refractivity (Wildman–Crippen MR) is 79.7 cm³/mol. The largest absolute Gasteiger partial charge is 0.381 e. The van der Waals surface area contributed by atoms with Crippen LogP contribution in [0.25, 0.3) is 0 Å². The number of hydrogen-bond donors (Lipinski definition) is 1. The van der Waals surface area contributed by atoms with Gasteiger partial charge in [-0.15, -0.1) is 0 Å². The molecule has 1 aromatic carbocycles. The number of aryl methyl sites for hydroxylation is 1. The lowest BCUT2D eigenvalue weighted by Crippen LogP contribution is -2.36. The van der Waals surface area contributed by atoms with E-state index in [4.69, 9.17) is 4.74 Å². The number of hydrogen-bond acceptors (Lipinski definition) is 3. The Labute approximate surface area is 125 Å². The number of ether oxygens (including phenoxy) is 1. The Morgan fingerprint density at radius 2 is 2.29 bits per heavy atom. The molecule has 0 radical (unpaired) electrons.